The molecule has 2 aliphatic heterocycles. The maximum absolute atomic E-state index is 14.7. The van der Waals surface area contributed by atoms with Gasteiger partial charge in [0.05, 0.1) is 22.2 Å². The summed E-state index contributed by atoms with van der Waals surface area (Å²) in [4.78, 5) is 29.3. The minimum Gasteiger partial charge on any atom is -0.313 e. The second kappa shape index (κ2) is 9.24. The van der Waals surface area contributed by atoms with Crippen LogP contribution in [0.2, 0.25) is 0 Å². The summed E-state index contributed by atoms with van der Waals surface area (Å²) in [6.07, 6.45) is 4.08. The van der Waals surface area contributed by atoms with E-state index < -0.39 is 39.6 Å². The fourth-order valence-electron chi connectivity index (χ4n) is 5.53. The molecule has 2 aromatic carbocycles. The Morgan fingerprint density at radius 2 is 1.90 bits per heavy atom. The van der Waals surface area contributed by atoms with Crippen molar-refractivity contribution in [2.24, 2.45) is 0 Å². The van der Waals surface area contributed by atoms with Crippen molar-refractivity contribution < 1.29 is 26.8 Å². The fourth-order valence-corrected chi connectivity index (χ4v) is 6.53. The van der Waals surface area contributed by atoms with Crippen molar-refractivity contribution in [3.05, 3.63) is 95.3 Å². The van der Waals surface area contributed by atoms with Gasteiger partial charge in [-0.2, -0.15) is 5.10 Å². The van der Waals surface area contributed by atoms with E-state index in [1.54, 1.807) is 36.3 Å². The second-order valence-corrected chi connectivity index (χ2v) is 11.3. The molecule has 0 saturated carbocycles. The SMILES string of the molecule is CN1C(=O)[C@H](N2CCC[C@@H]2c2cc(F)ccc2F)c2cc(S(=O)(=O)NC(=O)c3cnn4ccccc34)ccc21. The number of carbonyl (C=O) groups is 2. The Labute approximate surface area is 222 Å². The largest absolute Gasteiger partial charge is 0.313 e. The number of anilines is 1. The molecule has 0 spiro atoms. The summed E-state index contributed by atoms with van der Waals surface area (Å²) in [5.74, 6) is -2.30. The number of nitrogens with one attached hydrogen (secondary N) is 1. The third-order valence-electron chi connectivity index (χ3n) is 7.37. The number of likely N-dealkylation sites (tertiary alicyclic amines) is 1. The number of pyridine rings is 1. The van der Waals surface area contributed by atoms with E-state index in [9.17, 15) is 26.8 Å². The normalized spacial score (nSPS) is 19.6. The van der Waals surface area contributed by atoms with Crippen molar-refractivity contribution in [1.29, 1.82) is 0 Å². The summed E-state index contributed by atoms with van der Waals surface area (Å²) in [7, 11) is -2.75. The van der Waals surface area contributed by atoms with Crippen LogP contribution in [0.15, 0.2) is 71.9 Å². The highest BCUT2D eigenvalue weighted by Gasteiger charge is 2.45. The predicted octanol–water partition coefficient (Wildman–Crippen LogP) is 3.59. The molecule has 6 rings (SSSR count). The summed E-state index contributed by atoms with van der Waals surface area (Å²) in [5.41, 5.74) is 1.60. The van der Waals surface area contributed by atoms with Gasteiger partial charge < -0.3 is 4.90 Å². The topological polar surface area (TPSA) is 104 Å². The first-order chi connectivity index (χ1) is 18.7. The number of nitrogens with zero attached hydrogens (tertiary/aromatic N) is 4. The average Bonchev–Trinajstić information content (AvgIpc) is 3.62. The number of fused-ring (bicyclic) bond motifs is 2. The maximum Gasteiger partial charge on any atom is 0.268 e. The molecule has 0 unspecified atom stereocenters. The highest BCUT2D eigenvalue weighted by atomic mass is 32.2. The van der Waals surface area contributed by atoms with Gasteiger partial charge in [0.2, 0.25) is 5.91 Å². The lowest BCUT2D eigenvalue weighted by molar-refractivity contribution is -0.123. The van der Waals surface area contributed by atoms with Gasteiger partial charge in [-0.1, -0.05) is 6.07 Å². The molecule has 1 saturated heterocycles. The van der Waals surface area contributed by atoms with Crippen LogP contribution in [0.1, 0.15) is 46.4 Å². The molecule has 0 bridgehead atoms. The number of carbonyl (C=O) groups excluding carboxylic acids is 2. The number of hydrogen-bond donors (Lipinski definition) is 1. The van der Waals surface area contributed by atoms with E-state index in [-0.39, 0.29) is 21.9 Å². The molecule has 2 aliphatic rings. The van der Waals surface area contributed by atoms with E-state index in [4.69, 9.17) is 0 Å². The number of amides is 2. The van der Waals surface area contributed by atoms with Gasteiger partial charge in [0.15, 0.2) is 0 Å². The number of rotatable bonds is 5. The van der Waals surface area contributed by atoms with Crippen LogP contribution in [-0.4, -0.2) is 48.3 Å². The lowest BCUT2D eigenvalue weighted by Crippen LogP contribution is -2.36. The molecule has 0 aliphatic carbocycles. The third kappa shape index (κ3) is 4.16. The first-order valence-corrected chi connectivity index (χ1v) is 13.8. The fraction of sp³-hybridized carbons (Fsp3) is 0.222. The number of benzene rings is 2. The van der Waals surface area contributed by atoms with Gasteiger partial charge >= 0.3 is 0 Å². The molecule has 4 heterocycles. The molecular weight excluding hydrogens is 528 g/mol. The van der Waals surface area contributed by atoms with Crippen molar-refractivity contribution in [2.45, 2.75) is 29.8 Å². The van der Waals surface area contributed by atoms with Crippen molar-refractivity contribution in [3.63, 3.8) is 0 Å². The standard InChI is InChI=1S/C27H23F2N5O4S/c1-32-22-10-8-17(39(37,38)31-26(35)20-15-30-34-12-3-2-5-24(20)34)14-19(22)25(27(32)36)33-11-4-6-23(33)18-13-16(28)7-9-21(18)29/h2-3,5,7-10,12-15,23,25H,4,6,11H2,1H3,(H,31,35)/t23-,25-/m1/s1. The van der Waals surface area contributed by atoms with Crippen LogP contribution >= 0.6 is 0 Å². The van der Waals surface area contributed by atoms with E-state index in [0.717, 1.165) is 18.2 Å². The Morgan fingerprint density at radius 3 is 2.72 bits per heavy atom. The average molecular weight is 552 g/mol. The first kappa shape index (κ1) is 25.1. The van der Waals surface area contributed by atoms with E-state index in [0.29, 0.717) is 36.2 Å². The van der Waals surface area contributed by atoms with Crippen LogP contribution < -0.4 is 9.62 Å². The van der Waals surface area contributed by atoms with Gasteiger partial charge in [-0.25, -0.2) is 26.4 Å². The molecule has 9 nitrogen and oxygen atoms in total. The minimum atomic E-state index is -4.33. The smallest absolute Gasteiger partial charge is 0.268 e. The molecule has 12 heteroatoms. The van der Waals surface area contributed by atoms with Gasteiger partial charge in [-0.15, -0.1) is 0 Å². The molecule has 200 valence electrons. The summed E-state index contributed by atoms with van der Waals surface area (Å²) in [6, 6.07) is 11.1. The predicted molar refractivity (Wildman–Crippen MR) is 137 cm³/mol. The molecule has 0 radical (unpaired) electrons. The third-order valence-corrected chi connectivity index (χ3v) is 8.70. The quantitative estimate of drug-likeness (QED) is 0.407. The second-order valence-electron chi connectivity index (χ2n) is 9.61. The zero-order valence-electron chi connectivity index (χ0n) is 20.7. The van der Waals surface area contributed by atoms with Gasteiger partial charge in [-0.05, 0) is 67.9 Å². The van der Waals surface area contributed by atoms with Crippen molar-refractivity contribution >= 4 is 33.0 Å². The van der Waals surface area contributed by atoms with E-state index >= 15 is 0 Å². The zero-order valence-corrected chi connectivity index (χ0v) is 21.5. The Bertz CT molecular complexity index is 1760. The Morgan fingerprint density at radius 1 is 1.08 bits per heavy atom. The summed E-state index contributed by atoms with van der Waals surface area (Å²) in [5, 5.41) is 4.07. The van der Waals surface area contributed by atoms with Crippen LogP contribution in [0, 0.1) is 11.6 Å². The summed E-state index contributed by atoms with van der Waals surface area (Å²) >= 11 is 0. The number of likely N-dealkylation sites (N-methyl/N-ethyl adjacent to an activating group) is 1. The Kier molecular flexibility index (Phi) is 5.96. The highest BCUT2D eigenvalue weighted by Crippen LogP contribution is 2.46. The van der Waals surface area contributed by atoms with Crippen LogP contribution in [-0.2, 0) is 14.8 Å². The van der Waals surface area contributed by atoms with Crippen LogP contribution in [0.4, 0.5) is 14.5 Å². The van der Waals surface area contributed by atoms with Gasteiger partial charge in [0, 0.05) is 36.1 Å². The number of aromatic nitrogens is 2. The molecule has 2 atom stereocenters. The minimum absolute atomic E-state index is 0.0881. The highest BCUT2D eigenvalue weighted by molar-refractivity contribution is 7.90. The monoisotopic (exact) mass is 551 g/mol. The molecule has 2 amide bonds. The summed E-state index contributed by atoms with van der Waals surface area (Å²) in [6.45, 7) is 0.437. The van der Waals surface area contributed by atoms with Crippen LogP contribution in [0.3, 0.4) is 0 Å². The number of hydrogen-bond acceptors (Lipinski definition) is 6. The maximum atomic E-state index is 14.7. The van der Waals surface area contributed by atoms with Crippen molar-refractivity contribution in [3.8, 4) is 0 Å². The van der Waals surface area contributed by atoms with Gasteiger partial charge in [0.25, 0.3) is 15.9 Å². The van der Waals surface area contributed by atoms with Crippen LogP contribution in [0.5, 0.6) is 0 Å². The Hall–Kier alpha value is -4.16. The molecular formula is C27H23F2N5O4S. The van der Waals surface area contributed by atoms with Gasteiger partial charge in [-0.3, -0.25) is 14.5 Å². The molecule has 2 aromatic heterocycles. The van der Waals surface area contributed by atoms with E-state index in [1.165, 1.54) is 33.8 Å². The number of halogens is 2. The Balaban J connectivity index is 1.34. The zero-order chi connectivity index (χ0) is 27.5. The number of sulfonamides is 1. The summed E-state index contributed by atoms with van der Waals surface area (Å²) < 4.78 is 58.8. The molecule has 1 N–H and O–H groups in total. The van der Waals surface area contributed by atoms with Crippen LogP contribution in [0.25, 0.3) is 5.52 Å². The van der Waals surface area contributed by atoms with Gasteiger partial charge in [0.1, 0.15) is 17.7 Å². The molecule has 4 aromatic rings. The lowest BCUT2D eigenvalue weighted by atomic mass is 10.00. The van der Waals surface area contributed by atoms with E-state index in [2.05, 4.69) is 9.82 Å². The first-order valence-electron chi connectivity index (χ1n) is 12.3. The van der Waals surface area contributed by atoms with Crippen molar-refractivity contribution in [1.82, 2.24) is 19.2 Å². The van der Waals surface area contributed by atoms with Crippen molar-refractivity contribution in [2.75, 3.05) is 18.5 Å². The molecule has 39 heavy (non-hydrogen) atoms. The lowest BCUT2D eigenvalue weighted by Gasteiger charge is -2.30. The molecule has 1 fully saturated rings. The van der Waals surface area contributed by atoms with E-state index in [1.807, 2.05) is 0 Å².